The Hall–Kier alpha value is -2.21. The summed E-state index contributed by atoms with van der Waals surface area (Å²) in [5, 5.41) is 17.8. The number of isocyanates is 1. The van der Waals surface area contributed by atoms with Crippen LogP contribution in [0.2, 0.25) is 0 Å². The van der Waals surface area contributed by atoms with Crippen LogP contribution >= 0.6 is 0 Å². The van der Waals surface area contributed by atoms with Gasteiger partial charge in [0.1, 0.15) is 24.1 Å². The number of ether oxygens (including phenoxy) is 2. The van der Waals surface area contributed by atoms with Crippen LogP contribution in [0.15, 0.2) is 23.2 Å². The highest BCUT2D eigenvalue weighted by molar-refractivity contribution is 5.91. The zero-order chi connectivity index (χ0) is 15.7. The van der Waals surface area contributed by atoms with Gasteiger partial charge in [0.2, 0.25) is 6.08 Å². The van der Waals surface area contributed by atoms with E-state index in [0.717, 1.165) is 6.42 Å². The molecule has 0 saturated carbocycles. The third kappa shape index (κ3) is 5.35. The van der Waals surface area contributed by atoms with Gasteiger partial charge in [0, 0.05) is 0 Å². The minimum atomic E-state index is -1.13. The second-order valence-electron chi connectivity index (χ2n) is 4.17. The number of benzene rings is 1. The summed E-state index contributed by atoms with van der Waals surface area (Å²) < 4.78 is 10.2. The van der Waals surface area contributed by atoms with E-state index in [4.69, 9.17) is 19.7 Å². The maximum absolute atomic E-state index is 11.8. The molecule has 0 aromatic heterocycles. The number of aliphatic imine (C=N–C) groups is 1. The van der Waals surface area contributed by atoms with Crippen molar-refractivity contribution in [3.05, 3.63) is 23.8 Å². The van der Waals surface area contributed by atoms with Gasteiger partial charge < -0.3 is 19.7 Å². The number of aliphatic hydroxyl groups is 2. The summed E-state index contributed by atoms with van der Waals surface area (Å²) in [6.07, 6.45) is 1.05. The zero-order valence-electron chi connectivity index (χ0n) is 11.6. The third-order valence-corrected chi connectivity index (χ3v) is 2.44. The van der Waals surface area contributed by atoms with E-state index < -0.39 is 18.7 Å². The van der Waals surface area contributed by atoms with Gasteiger partial charge in [-0.15, -0.1) is 0 Å². The van der Waals surface area contributed by atoms with Gasteiger partial charge in [0.05, 0.1) is 18.8 Å². The van der Waals surface area contributed by atoms with E-state index in [1.165, 1.54) is 24.3 Å². The predicted molar refractivity (Wildman–Crippen MR) is 73.4 cm³/mol. The Morgan fingerprint density at radius 1 is 1.48 bits per heavy atom. The number of hydrogen-bond donors (Lipinski definition) is 2. The van der Waals surface area contributed by atoms with E-state index in [9.17, 15) is 9.59 Å². The summed E-state index contributed by atoms with van der Waals surface area (Å²) in [7, 11) is 0. The predicted octanol–water partition coefficient (Wildman–Crippen LogP) is 0.953. The van der Waals surface area contributed by atoms with Crippen LogP contribution in [0.5, 0.6) is 5.75 Å². The average molecular weight is 295 g/mol. The quantitative estimate of drug-likeness (QED) is 0.420. The van der Waals surface area contributed by atoms with Crippen LogP contribution in [0.1, 0.15) is 23.7 Å². The highest BCUT2D eigenvalue weighted by Gasteiger charge is 2.13. The second kappa shape index (κ2) is 8.86. The molecule has 0 aliphatic carbocycles. The molecule has 1 atom stereocenters. The third-order valence-electron chi connectivity index (χ3n) is 2.44. The number of carbonyl (C=O) groups is 1. The molecule has 0 radical (unpaired) electrons. The van der Waals surface area contributed by atoms with Crippen molar-refractivity contribution in [2.24, 2.45) is 4.99 Å². The Labute approximate surface area is 121 Å². The van der Waals surface area contributed by atoms with Gasteiger partial charge >= 0.3 is 5.97 Å². The molecule has 0 amide bonds. The number of hydrogen-bond acceptors (Lipinski definition) is 7. The molecule has 0 fully saturated rings. The molecule has 1 rings (SSSR count). The largest absolute Gasteiger partial charge is 0.491 e. The molecule has 114 valence electrons. The molecule has 7 heteroatoms. The lowest BCUT2D eigenvalue weighted by atomic mass is 10.2. The minimum absolute atomic E-state index is 0.151. The topological polar surface area (TPSA) is 105 Å². The van der Waals surface area contributed by atoms with Gasteiger partial charge in [-0.05, 0) is 24.6 Å². The fourth-order valence-corrected chi connectivity index (χ4v) is 1.42. The summed E-state index contributed by atoms with van der Waals surface area (Å²) >= 11 is 0. The van der Waals surface area contributed by atoms with Crippen LogP contribution in [0.25, 0.3) is 0 Å². The van der Waals surface area contributed by atoms with Gasteiger partial charge in [0.25, 0.3) is 0 Å². The van der Waals surface area contributed by atoms with E-state index >= 15 is 0 Å². The lowest BCUT2D eigenvalue weighted by Crippen LogP contribution is -2.21. The number of rotatable bonds is 8. The molecule has 2 N–H and O–H groups in total. The smallest absolute Gasteiger partial charge is 0.338 e. The number of nitrogens with zero attached hydrogens (tertiary/aromatic N) is 1. The summed E-state index contributed by atoms with van der Waals surface area (Å²) in [5.41, 5.74) is 0.327. The molecule has 0 saturated heterocycles. The Morgan fingerprint density at radius 3 is 2.86 bits per heavy atom. The number of esters is 1. The molecule has 0 bridgehead atoms. The SMILES string of the molecule is CCCOc1ccc(C(=O)OCC(O)CO)cc1N=C=O. The second-order valence-corrected chi connectivity index (χ2v) is 4.17. The summed E-state index contributed by atoms with van der Waals surface area (Å²) in [6, 6.07) is 4.30. The minimum Gasteiger partial charge on any atom is -0.491 e. The first-order valence-electron chi connectivity index (χ1n) is 6.43. The number of carbonyl (C=O) groups excluding carboxylic acids is 2. The van der Waals surface area contributed by atoms with Crippen LogP contribution in [0.4, 0.5) is 5.69 Å². The number of aliphatic hydroxyl groups excluding tert-OH is 2. The fourth-order valence-electron chi connectivity index (χ4n) is 1.42. The van der Waals surface area contributed by atoms with E-state index in [1.54, 1.807) is 0 Å². The Morgan fingerprint density at radius 2 is 2.24 bits per heavy atom. The van der Waals surface area contributed by atoms with Crippen molar-refractivity contribution in [3.63, 3.8) is 0 Å². The monoisotopic (exact) mass is 295 g/mol. The van der Waals surface area contributed by atoms with Crippen molar-refractivity contribution in [3.8, 4) is 5.75 Å². The van der Waals surface area contributed by atoms with Gasteiger partial charge in [-0.25, -0.2) is 9.59 Å². The Balaban J connectivity index is 2.86. The first-order valence-corrected chi connectivity index (χ1v) is 6.43. The summed E-state index contributed by atoms with van der Waals surface area (Å²) in [5.74, 6) is -0.334. The Kier molecular flexibility index (Phi) is 7.11. The van der Waals surface area contributed by atoms with Crippen molar-refractivity contribution in [2.45, 2.75) is 19.4 Å². The summed E-state index contributed by atoms with van der Waals surface area (Å²) in [6.45, 7) is 1.56. The van der Waals surface area contributed by atoms with Crippen molar-refractivity contribution in [1.82, 2.24) is 0 Å². The van der Waals surface area contributed by atoms with Crippen molar-refractivity contribution < 1.29 is 29.3 Å². The van der Waals surface area contributed by atoms with Crippen molar-refractivity contribution in [2.75, 3.05) is 19.8 Å². The summed E-state index contributed by atoms with van der Waals surface area (Å²) in [4.78, 5) is 25.6. The molecule has 0 heterocycles. The van der Waals surface area contributed by atoms with E-state index in [-0.39, 0.29) is 17.9 Å². The average Bonchev–Trinajstić information content (AvgIpc) is 2.51. The zero-order valence-corrected chi connectivity index (χ0v) is 11.6. The normalized spacial score (nSPS) is 11.4. The molecule has 0 aliphatic heterocycles. The first kappa shape index (κ1) is 16.8. The highest BCUT2D eigenvalue weighted by Crippen LogP contribution is 2.28. The molecule has 0 aliphatic rings. The Bertz CT molecular complexity index is 524. The van der Waals surface area contributed by atoms with Crippen LogP contribution in [-0.2, 0) is 9.53 Å². The van der Waals surface area contributed by atoms with E-state index in [2.05, 4.69) is 4.99 Å². The lowest BCUT2D eigenvalue weighted by molar-refractivity contribution is 0.00933. The fraction of sp³-hybridized carbons (Fsp3) is 0.429. The van der Waals surface area contributed by atoms with Crippen LogP contribution < -0.4 is 4.74 Å². The van der Waals surface area contributed by atoms with Crippen molar-refractivity contribution in [1.29, 1.82) is 0 Å². The standard InChI is InChI=1S/C14H17NO6/c1-2-5-20-13-4-3-10(6-12(13)15-9-17)14(19)21-8-11(18)7-16/h3-4,6,11,16,18H,2,5,7-8H2,1H3. The lowest BCUT2D eigenvalue weighted by Gasteiger charge is -2.10. The van der Waals surface area contributed by atoms with Gasteiger partial charge in [-0.3, -0.25) is 0 Å². The van der Waals surface area contributed by atoms with Gasteiger partial charge in [-0.1, -0.05) is 6.92 Å². The molecule has 1 aromatic carbocycles. The van der Waals surface area contributed by atoms with Crippen LogP contribution in [0, 0.1) is 0 Å². The maximum Gasteiger partial charge on any atom is 0.338 e. The molecule has 1 aromatic rings. The van der Waals surface area contributed by atoms with E-state index in [1.807, 2.05) is 6.92 Å². The van der Waals surface area contributed by atoms with E-state index in [0.29, 0.717) is 12.4 Å². The van der Waals surface area contributed by atoms with Gasteiger partial charge in [0.15, 0.2) is 0 Å². The molecular weight excluding hydrogens is 278 g/mol. The van der Waals surface area contributed by atoms with Crippen LogP contribution in [-0.4, -0.2) is 48.2 Å². The molecule has 1 unspecified atom stereocenters. The molecule has 7 nitrogen and oxygen atoms in total. The maximum atomic E-state index is 11.8. The molecular formula is C14H17NO6. The van der Waals surface area contributed by atoms with Crippen molar-refractivity contribution >= 4 is 17.7 Å². The van der Waals surface area contributed by atoms with Crippen LogP contribution in [0.3, 0.4) is 0 Å². The molecule has 21 heavy (non-hydrogen) atoms. The molecule has 0 spiro atoms. The van der Waals surface area contributed by atoms with Gasteiger partial charge in [-0.2, -0.15) is 4.99 Å². The first-order chi connectivity index (χ1) is 10.1. The highest BCUT2D eigenvalue weighted by atomic mass is 16.5.